The summed E-state index contributed by atoms with van der Waals surface area (Å²) < 4.78 is 5.08. The van der Waals surface area contributed by atoms with Gasteiger partial charge in [-0.2, -0.15) is 0 Å². The zero-order valence-electron chi connectivity index (χ0n) is 13.2. The van der Waals surface area contributed by atoms with Gasteiger partial charge in [-0.15, -0.1) is 0 Å². The van der Waals surface area contributed by atoms with Crippen molar-refractivity contribution in [2.75, 3.05) is 7.11 Å². The molecule has 1 fully saturated rings. The summed E-state index contributed by atoms with van der Waals surface area (Å²) >= 11 is 0. The number of hydrogen-bond donors (Lipinski definition) is 2. The molecule has 1 aromatic rings. The lowest BCUT2D eigenvalue weighted by molar-refractivity contribution is -0.140. The average Bonchev–Trinajstić information content (AvgIpc) is 2.55. The van der Waals surface area contributed by atoms with Crippen molar-refractivity contribution in [3.05, 3.63) is 29.8 Å². The molecule has 2 atom stereocenters. The van der Waals surface area contributed by atoms with E-state index in [0.29, 0.717) is 12.5 Å². The van der Waals surface area contributed by atoms with Gasteiger partial charge in [0.25, 0.3) is 0 Å². The first-order chi connectivity index (χ1) is 10.6. The van der Waals surface area contributed by atoms with E-state index in [4.69, 9.17) is 4.74 Å². The van der Waals surface area contributed by atoms with E-state index in [9.17, 15) is 9.59 Å². The van der Waals surface area contributed by atoms with Crippen LogP contribution in [0.15, 0.2) is 24.3 Å². The van der Waals surface area contributed by atoms with Gasteiger partial charge in [-0.05, 0) is 36.5 Å². The fourth-order valence-electron chi connectivity index (χ4n) is 2.77. The van der Waals surface area contributed by atoms with Crippen LogP contribution in [0, 0.1) is 5.92 Å². The summed E-state index contributed by atoms with van der Waals surface area (Å²) in [5, 5.41) is 5.50. The van der Waals surface area contributed by atoms with E-state index in [1.807, 2.05) is 24.3 Å². The minimum Gasteiger partial charge on any atom is -0.497 e. The molecule has 2 rings (SSSR count). The van der Waals surface area contributed by atoms with Crippen molar-refractivity contribution >= 4 is 11.8 Å². The number of carbonyl (C=O) groups excluding carboxylic acids is 2. The van der Waals surface area contributed by atoms with Crippen LogP contribution in [-0.4, -0.2) is 25.0 Å². The molecule has 0 bridgehead atoms. The predicted octanol–water partition coefficient (Wildman–Crippen LogP) is 2.01. The first kappa shape index (κ1) is 16.3. The van der Waals surface area contributed by atoms with E-state index >= 15 is 0 Å². The molecule has 0 spiro atoms. The van der Waals surface area contributed by atoms with Crippen LogP contribution in [0.1, 0.15) is 38.2 Å². The van der Waals surface area contributed by atoms with Crippen molar-refractivity contribution in [2.24, 2.45) is 5.92 Å². The number of hydrogen-bond acceptors (Lipinski definition) is 3. The van der Waals surface area contributed by atoms with Crippen molar-refractivity contribution in [3.8, 4) is 5.75 Å². The molecule has 1 aromatic carbocycles. The van der Waals surface area contributed by atoms with Gasteiger partial charge in [-0.1, -0.05) is 31.9 Å². The summed E-state index contributed by atoms with van der Waals surface area (Å²) in [5.74, 6) is 0.0899. The fraction of sp³-hybridized carbons (Fsp3) is 0.529. The van der Waals surface area contributed by atoms with Gasteiger partial charge in [0.2, 0.25) is 0 Å². The Morgan fingerprint density at radius 3 is 2.45 bits per heavy atom. The molecule has 0 unspecified atom stereocenters. The molecule has 0 aromatic heterocycles. The van der Waals surface area contributed by atoms with E-state index in [2.05, 4.69) is 17.6 Å². The summed E-state index contributed by atoms with van der Waals surface area (Å²) in [4.78, 5) is 23.8. The SMILES string of the molecule is COc1ccc(CNC(=O)C(=O)N[C@@H]2CCCC[C@@H]2C)cc1. The van der Waals surface area contributed by atoms with E-state index in [0.717, 1.165) is 30.6 Å². The van der Waals surface area contributed by atoms with Crippen molar-refractivity contribution in [2.45, 2.75) is 45.2 Å². The zero-order valence-corrected chi connectivity index (χ0v) is 13.2. The Morgan fingerprint density at radius 2 is 1.82 bits per heavy atom. The van der Waals surface area contributed by atoms with Crippen LogP contribution >= 0.6 is 0 Å². The highest BCUT2D eigenvalue weighted by molar-refractivity contribution is 6.35. The molecule has 0 radical (unpaired) electrons. The molecule has 120 valence electrons. The number of benzene rings is 1. The van der Waals surface area contributed by atoms with Gasteiger partial charge in [0.1, 0.15) is 5.75 Å². The van der Waals surface area contributed by atoms with Crippen molar-refractivity contribution in [1.29, 1.82) is 0 Å². The van der Waals surface area contributed by atoms with E-state index in [1.165, 1.54) is 6.42 Å². The lowest BCUT2D eigenvalue weighted by Gasteiger charge is -2.29. The van der Waals surface area contributed by atoms with Crippen LogP contribution in [0.4, 0.5) is 0 Å². The highest BCUT2D eigenvalue weighted by Crippen LogP contribution is 2.23. The van der Waals surface area contributed by atoms with Gasteiger partial charge in [0, 0.05) is 12.6 Å². The summed E-state index contributed by atoms with van der Waals surface area (Å²) in [7, 11) is 1.60. The molecule has 1 saturated carbocycles. The van der Waals surface area contributed by atoms with Gasteiger partial charge in [0.05, 0.1) is 7.11 Å². The molecule has 5 nitrogen and oxygen atoms in total. The van der Waals surface area contributed by atoms with Crippen LogP contribution in [0.3, 0.4) is 0 Å². The summed E-state index contributed by atoms with van der Waals surface area (Å²) in [6.45, 7) is 2.45. The minimum absolute atomic E-state index is 0.119. The molecule has 0 heterocycles. The minimum atomic E-state index is -0.575. The molecular weight excluding hydrogens is 280 g/mol. The summed E-state index contributed by atoms with van der Waals surface area (Å²) in [5.41, 5.74) is 0.924. The standard InChI is InChI=1S/C17H24N2O3/c1-12-5-3-4-6-15(12)19-17(21)16(20)18-11-13-7-9-14(22-2)10-8-13/h7-10,12,15H,3-6,11H2,1-2H3,(H,18,20)(H,19,21)/t12-,15+/m0/s1. The Bertz CT molecular complexity index is 513. The largest absolute Gasteiger partial charge is 0.497 e. The van der Waals surface area contributed by atoms with Gasteiger partial charge in [-0.3, -0.25) is 9.59 Å². The van der Waals surface area contributed by atoms with Crippen molar-refractivity contribution in [1.82, 2.24) is 10.6 Å². The third-order valence-electron chi connectivity index (χ3n) is 4.25. The zero-order chi connectivity index (χ0) is 15.9. The normalized spacial score (nSPS) is 21.0. The lowest BCUT2D eigenvalue weighted by atomic mass is 9.86. The summed E-state index contributed by atoms with van der Waals surface area (Å²) in [6.07, 6.45) is 4.39. The Balaban J connectivity index is 1.79. The lowest BCUT2D eigenvalue weighted by Crippen LogP contribution is -2.47. The molecule has 2 N–H and O–H groups in total. The molecule has 0 aliphatic heterocycles. The molecular formula is C17H24N2O3. The Morgan fingerprint density at radius 1 is 1.14 bits per heavy atom. The van der Waals surface area contributed by atoms with Crippen LogP contribution < -0.4 is 15.4 Å². The van der Waals surface area contributed by atoms with Crippen molar-refractivity contribution < 1.29 is 14.3 Å². The Kier molecular flexibility index (Phi) is 5.81. The fourth-order valence-corrected chi connectivity index (χ4v) is 2.77. The maximum atomic E-state index is 11.9. The Labute approximate surface area is 131 Å². The highest BCUT2D eigenvalue weighted by atomic mass is 16.5. The van der Waals surface area contributed by atoms with Crippen LogP contribution in [0.2, 0.25) is 0 Å². The number of nitrogens with one attached hydrogen (secondary N) is 2. The van der Waals surface area contributed by atoms with Crippen LogP contribution in [0.25, 0.3) is 0 Å². The van der Waals surface area contributed by atoms with E-state index < -0.39 is 11.8 Å². The molecule has 1 aliphatic rings. The topological polar surface area (TPSA) is 67.4 Å². The molecule has 1 aliphatic carbocycles. The highest BCUT2D eigenvalue weighted by Gasteiger charge is 2.25. The molecule has 22 heavy (non-hydrogen) atoms. The quantitative estimate of drug-likeness (QED) is 0.836. The second-order valence-electron chi connectivity index (χ2n) is 5.87. The van der Waals surface area contributed by atoms with Gasteiger partial charge >= 0.3 is 11.8 Å². The maximum absolute atomic E-state index is 11.9. The third kappa shape index (κ3) is 4.48. The van der Waals surface area contributed by atoms with E-state index in [-0.39, 0.29) is 6.04 Å². The first-order valence-corrected chi connectivity index (χ1v) is 7.81. The predicted molar refractivity (Wildman–Crippen MR) is 84.4 cm³/mol. The monoisotopic (exact) mass is 304 g/mol. The second-order valence-corrected chi connectivity index (χ2v) is 5.87. The smallest absolute Gasteiger partial charge is 0.309 e. The number of carbonyl (C=O) groups is 2. The molecule has 5 heteroatoms. The van der Waals surface area contributed by atoms with Gasteiger partial charge in [-0.25, -0.2) is 0 Å². The number of amides is 2. The Hall–Kier alpha value is -2.04. The first-order valence-electron chi connectivity index (χ1n) is 7.81. The van der Waals surface area contributed by atoms with E-state index in [1.54, 1.807) is 7.11 Å². The maximum Gasteiger partial charge on any atom is 0.309 e. The molecule has 2 amide bonds. The number of methoxy groups -OCH3 is 1. The van der Waals surface area contributed by atoms with Gasteiger partial charge in [0.15, 0.2) is 0 Å². The van der Waals surface area contributed by atoms with Crippen molar-refractivity contribution in [3.63, 3.8) is 0 Å². The van der Waals surface area contributed by atoms with Gasteiger partial charge < -0.3 is 15.4 Å². The second kappa shape index (κ2) is 7.82. The third-order valence-corrected chi connectivity index (χ3v) is 4.25. The van der Waals surface area contributed by atoms with Crippen LogP contribution in [0.5, 0.6) is 5.75 Å². The summed E-state index contributed by atoms with van der Waals surface area (Å²) in [6, 6.07) is 7.49. The average molecular weight is 304 g/mol. The molecule has 0 saturated heterocycles. The number of ether oxygens (including phenoxy) is 1. The van der Waals surface area contributed by atoms with Crippen LogP contribution in [-0.2, 0) is 16.1 Å². The number of rotatable bonds is 4.